The summed E-state index contributed by atoms with van der Waals surface area (Å²) < 4.78 is 0. The van der Waals surface area contributed by atoms with Gasteiger partial charge in [0.1, 0.15) is 9.88 Å². The predicted octanol–water partition coefficient (Wildman–Crippen LogP) is 3.57. The third-order valence-corrected chi connectivity index (χ3v) is 6.76. The van der Waals surface area contributed by atoms with Gasteiger partial charge in [0.2, 0.25) is 5.91 Å². The third-order valence-electron chi connectivity index (χ3n) is 4.72. The van der Waals surface area contributed by atoms with Crippen LogP contribution < -0.4 is 11.1 Å². The van der Waals surface area contributed by atoms with Crippen LogP contribution in [0.25, 0.3) is 9.88 Å². The van der Waals surface area contributed by atoms with Gasteiger partial charge in [0.25, 0.3) is 5.91 Å². The smallest absolute Gasteiger partial charge is 0.267 e. The highest BCUT2D eigenvalue weighted by Crippen LogP contribution is 2.29. The molecule has 0 saturated carbocycles. The highest BCUT2D eigenvalue weighted by Gasteiger charge is 2.28. The highest BCUT2D eigenvalue weighted by molar-refractivity contribution is 7.22. The lowest BCUT2D eigenvalue weighted by Gasteiger charge is -2.22. The molecule has 1 aliphatic heterocycles. The number of hydrogen-bond acceptors (Lipinski definition) is 6. The lowest BCUT2D eigenvalue weighted by molar-refractivity contribution is -0.122. The molecule has 8 heteroatoms. The van der Waals surface area contributed by atoms with E-state index >= 15 is 0 Å². The second-order valence-corrected chi connectivity index (χ2v) is 8.67. The molecule has 2 amide bonds. The first-order valence-electron chi connectivity index (χ1n) is 9.03. The molecule has 3 heterocycles. The molecule has 0 radical (unpaired) electrons. The van der Waals surface area contributed by atoms with E-state index in [-0.39, 0.29) is 17.9 Å². The van der Waals surface area contributed by atoms with Gasteiger partial charge in [0, 0.05) is 12.2 Å². The minimum atomic E-state index is -0.270. The molecule has 3 aromatic rings. The maximum Gasteiger partial charge on any atom is 0.267 e. The average Bonchev–Trinajstić information content (AvgIpc) is 3.42. The SMILES string of the molecule is NC(=O)C1CCCN1Cc1cccc(NC(=O)c2cnc(-c3cccs3)s2)c1. The zero-order chi connectivity index (χ0) is 19.5. The molecular weight excluding hydrogens is 392 g/mol. The van der Waals surface area contributed by atoms with Crippen LogP contribution in [0, 0.1) is 0 Å². The van der Waals surface area contributed by atoms with Crippen molar-refractivity contribution in [2.45, 2.75) is 25.4 Å². The van der Waals surface area contributed by atoms with Gasteiger partial charge in [0.05, 0.1) is 17.1 Å². The van der Waals surface area contributed by atoms with E-state index in [9.17, 15) is 9.59 Å². The fourth-order valence-corrected chi connectivity index (χ4v) is 5.02. The standard InChI is InChI=1S/C20H20N4O2S2/c21-18(25)15-6-2-8-24(15)12-13-4-1-5-14(10-13)23-19(26)17-11-22-20(28-17)16-7-3-9-27-16/h1,3-5,7,9-11,15H,2,6,8,12H2,(H2,21,25)(H,23,26). The van der Waals surface area contributed by atoms with Crippen LogP contribution in [-0.2, 0) is 11.3 Å². The van der Waals surface area contributed by atoms with Crippen LogP contribution in [0.2, 0.25) is 0 Å². The summed E-state index contributed by atoms with van der Waals surface area (Å²) in [6.45, 7) is 1.50. The molecule has 144 valence electrons. The summed E-state index contributed by atoms with van der Waals surface area (Å²) in [6, 6.07) is 11.5. The summed E-state index contributed by atoms with van der Waals surface area (Å²) in [7, 11) is 0. The van der Waals surface area contributed by atoms with Gasteiger partial charge in [-0.15, -0.1) is 22.7 Å². The van der Waals surface area contributed by atoms with Crippen molar-refractivity contribution in [3.63, 3.8) is 0 Å². The van der Waals surface area contributed by atoms with E-state index in [1.807, 2.05) is 41.8 Å². The number of benzene rings is 1. The van der Waals surface area contributed by atoms with Crippen molar-refractivity contribution in [2.75, 3.05) is 11.9 Å². The van der Waals surface area contributed by atoms with Crippen LogP contribution in [0.3, 0.4) is 0 Å². The second kappa shape index (κ2) is 8.22. The maximum atomic E-state index is 12.6. The number of aromatic nitrogens is 1. The Labute approximate surface area is 171 Å². The van der Waals surface area contributed by atoms with E-state index in [2.05, 4.69) is 15.2 Å². The first-order chi connectivity index (χ1) is 13.6. The van der Waals surface area contributed by atoms with E-state index in [0.717, 1.165) is 40.5 Å². The highest BCUT2D eigenvalue weighted by atomic mass is 32.1. The molecule has 0 aliphatic carbocycles. The summed E-state index contributed by atoms with van der Waals surface area (Å²) >= 11 is 2.98. The molecule has 3 N–H and O–H groups in total. The van der Waals surface area contributed by atoms with Gasteiger partial charge in [0.15, 0.2) is 0 Å². The molecule has 1 saturated heterocycles. The van der Waals surface area contributed by atoms with Crippen LogP contribution in [-0.4, -0.2) is 34.3 Å². The molecular formula is C20H20N4O2S2. The number of thiophene rings is 1. The number of carbonyl (C=O) groups is 2. The molecule has 1 atom stereocenters. The van der Waals surface area contributed by atoms with Crippen LogP contribution in [0.4, 0.5) is 5.69 Å². The number of hydrogen-bond donors (Lipinski definition) is 2. The molecule has 4 rings (SSSR count). The van der Waals surface area contributed by atoms with E-state index in [4.69, 9.17) is 5.73 Å². The Balaban J connectivity index is 1.43. The van der Waals surface area contributed by atoms with Gasteiger partial charge in [-0.3, -0.25) is 14.5 Å². The van der Waals surface area contributed by atoms with E-state index in [1.54, 1.807) is 17.5 Å². The second-order valence-electron chi connectivity index (χ2n) is 6.69. The fourth-order valence-electron chi connectivity index (χ4n) is 3.41. The first kappa shape index (κ1) is 18.8. The average molecular weight is 413 g/mol. The number of nitrogens with one attached hydrogen (secondary N) is 1. The summed E-state index contributed by atoms with van der Waals surface area (Å²) in [4.78, 5) is 32.2. The van der Waals surface area contributed by atoms with Crippen molar-refractivity contribution in [3.05, 3.63) is 58.4 Å². The Morgan fingerprint density at radius 3 is 2.96 bits per heavy atom. The summed E-state index contributed by atoms with van der Waals surface area (Å²) in [5, 5.41) is 5.78. The van der Waals surface area contributed by atoms with Crippen molar-refractivity contribution in [2.24, 2.45) is 5.73 Å². The number of primary amides is 1. The zero-order valence-corrected chi connectivity index (χ0v) is 16.8. The number of nitrogens with zero attached hydrogens (tertiary/aromatic N) is 2. The number of likely N-dealkylation sites (tertiary alicyclic amines) is 1. The Morgan fingerprint density at radius 1 is 1.29 bits per heavy atom. The molecule has 0 bridgehead atoms. The largest absolute Gasteiger partial charge is 0.368 e. The van der Waals surface area contributed by atoms with Gasteiger partial charge in [-0.1, -0.05) is 18.2 Å². The van der Waals surface area contributed by atoms with Gasteiger partial charge < -0.3 is 11.1 Å². The summed E-state index contributed by atoms with van der Waals surface area (Å²) in [5.41, 5.74) is 7.26. The van der Waals surface area contributed by atoms with Crippen LogP contribution in [0.5, 0.6) is 0 Å². The number of thiazole rings is 1. The van der Waals surface area contributed by atoms with Crippen LogP contribution in [0.1, 0.15) is 28.1 Å². The minimum Gasteiger partial charge on any atom is -0.368 e. The quantitative estimate of drug-likeness (QED) is 0.648. The number of amides is 2. The van der Waals surface area contributed by atoms with Crippen LogP contribution >= 0.6 is 22.7 Å². The number of carbonyl (C=O) groups excluding carboxylic acids is 2. The molecule has 28 heavy (non-hydrogen) atoms. The summed E-state index contributed by atoms with van der Waals surface area (Å²) in [5.74, 6) is -0.442. The topological polar surface area (TPSA) is 88.3 Å². The lowest BCUT2D eigenvalue weighted by atomic mass is 10.1. The Bertz CT molecular complexity index is 984. The maximum absolute atomic E-state index is 12.6. The van der Waals surface area contributed by atoms with Gasteiger partial charge in [-0.05, 0) is 48.5 Å². The van der Waals surface area contributed by atoms with E-state index in [1.165, 1.54) is 11.3 Å². The Hall–Kier alpha value is -2.55. The molecule has 1 aromatic carbocycles. The molecule has 2 aromatic heterocycles. The van der Waals surface area contributed by atoms with Crippen LogP contribution in [0.15, 0.2) is 48.0 Å². The van der Waals surface area contributed by atoms with Crippen molar-refractivity contribution in [1.82, 2.24) is 9.88 Å². The monoisotopic (exact) mass is 412 g/mol. The van der Waals surface area contributed by atoms with Gasteiger partial charge >= 0.3 is 0 Å². The number of nitrogens with two attached hydrogens (primary N) is 1. The van der Waals surface area contributed by atoms with Crippen molar-refractivity contribution in [1.29, 1.82) is 0 Å². The zero-order valence-electron chi connectivity index (χ0n) is 15.1. The Morgan fingerprint density at radius 2 is 2.18 bits per heavy atom. The predicted molar refractivity (Wildman–Crippen MR) is 112 cm³/mol. The first-order valence-corrected chi connectivity index (χ1v) is 10.7. The van der Waals surface area contributed by atoms with Crippen molar-refractivity contribution < 1.29 is 9.59 Å². The van der Waals surface area contributed by atoms with E-state index in [0.29, 0.717) is 11.4 Å². The molecule has 1 unspecified atom stereocenters. The fraction of sp³-hybridized carbons (Fsp3) is 0.250. The third kappa shape index (κ3) is 4.14. The van der Waals surface area contributed by atoms with Gasteiger partial charge in [-0.25, -0.2) is 4.98 Å². The normalized spacial score (nSPS) is 16.9. The lowest BCUT2D eigenvalue weighted by Crippen LogP contribution is -2.39. The van der Waals surface area contributed by atoms with Crippen molar-refractivity contribution >= 4 is 40.2 Å². The minimum absolute atomic E-state index is 0.173. The Kier molecular flexibility index (Phi) is 5.52. The number of anilines is 1. The van der Waals surface area contributed by atoms with Gasteiger partial charge in [-0.2, -0.15) is 0 Å². The van der Waals surface area contributed by atoms with Crippen molar-refractivity contribution in [3.8, 4) is 9.88 Å². The van der Waals surface area contributed by atoms with E-state index < -0.39 is 0 Å². The number of rotatable bonds is 6. The summed E-state index contributed by atoms with van der Waals surface area (Å²) in [6.07, 6.45) is 3.40. The molecule has 1 aliphatic rings. The molecule has 0 spiro atoms. The molecule has 6 nitrogen and oxygen atoms in total. The molecule has 1 fully saturated rings.